The summed E-state index contributed by atoms with van der Waals surface area (Å²) in [5.74, 6) is 0.386. The molecule has 1 aromatic heterocycles. The first kappa shape index (κ1) is 19.8. The van der Waals surface area contributed by atoms with Gasteiger partial charge in [-0.15, -0.1) is 0 Å². The van der Waals surface area contributed by atoms with E-state index in [1.54, 1.807) is 22.9 Å². The van der Waals surface area contributed by atoms with E-state index in [0.29, 0.717) is 19.0 Å². The number of nitrogens with one attached hydrogen (secondary N) is 3. The Hall–Kier alpha value is -1.96. The largest absolute Gasteiger partial charge is 0.351 e. The zero-order valence-corrected chi connectivity index (χ0v) is 17.1. The molecule has 3 rings (SSSR count). The maximum atomic E-state index is 12.5. The van der Waals surface area contributed by atoms with Crippen molar-refractivity contribution in [2.75, 3.05) is 0 Å². The summed E-state index contributed by atoms with van der Waals surface area (Å²) < 4.78 is 1.66. The fourth-order valence-corrected chi connectivity index (χ4v) is 4.26. The first-order valence-corrected chi connectivity index (χ1v) is 10.0. The van der Waals surface area contributed by atoms with Crippen LogP contribution >= 0.6 is 15.9 Å². The molecule has 27 heavy (non-hydrogen) atoms. The second-order valence-electron chi connectivity index (χ2n) is 7.18. The molecule has 144 valence electrons. The molecule has 1 aliphatic heterocycles. The molecular weight excluding hydrogens is 408 g/mol. The molecule has 6 nitrogen and oxygen atoms in total. The number of rotatable bonds is 6. The van der Waals surface area contributed by atoms with E-state index >= 15 is 0 Å². The number of nitrogens with zero attached hydrogens (tertiary/aromatic N) is 1. The molecule has 0 saturated carbocycles. The molecule has 0 aliphatic carbocycles. The lowest BCUT2D eigenvalue weighted by atomic mass is 9.99. The summed E-state index contributed by atoms with van der Waals surface area (Å²) in [5, 5.41) is 2.98. The minimum atomic E-state index is -0.304. The Morgan fingerprint density at radius 3 is 2.48 bits per heavy atom. The van der Waals surface area contributed by atoms with Crippen molar-refractivity contribution in [3.63, 3.8) is 0 Å². The maximum absolute atomic E-state index is 12.5. The van der Waals surface area contributed by atoms with Gasteiger partial charge in [0.05, 0.1) is 11.4 Å². The van der Waals surface area contributed by atoms with Gasteiger partial charge in [-0.1, -0.05) is 60.1 Å². The van der Waals surface area contributed by atoms with Crippen molar-refractivity contribution in [3.8, 4) is 0 Å². The van der Waals surface area contributed by atoms with Crippen molar-refractivity contribution in [1.29, 1.82) is 0 Å². The van der Waals surface area contributed by atoms with Crippen LogP contribution in [0.4, 0.5) is 0 Å². The van der Waals surface area contributed by atoms with Gasteiger partial charge in [-0.2, -0.15) is 0 Å². The van der Waals surface area contributed by atoms with E-state index < -0.39 is 0 Å². The number of hydrogen-bond donors (Lipinski definition) is 3. The van der Waals surface area contributed by atoms with Gasteiger partial charge in [0.15, 0.2) is 0 Å². The fourth-order valence-electron chi connectivity index (χ4n) is 3.15. The van der Waals surface area contributed by atoms with Crippen molar-refractivity contribution in [1.82, 2.24) is 20.7 Å². The number of carbonyl (C=O) groups is 1. The van der Waals surface area contributed by atoms with Gasteiger partial charge in [0.1, 0.15) is 6.04 Å². The van der Waals surface area contributed by atoms with Crippen LogP contribution in [0.25, 0.3) is 0 Å². The highest BCUT2D eigenvalue weighted by Crippen LogP contribution is 2.21. The molecule has 1 saturated heterocycles. The van der Waals surface area contributed by atoms with Gasteiger partial charge in [0.2, 0.25) is 5.91 Å². The molecule has 2 heterocycles. The number of pyridine rings is 1. The Morgan fingerprint density at radius 1 is 1.15 bits per heavy atom. The third kappa shape index (κ3) is 4.86. The summed E-state index contributed by atoms with van der Waals surface area (Å²) >= 11 is 3.63. The molecule has 1 amide bonds. The molecule has 1 fully saturated rings. The average molecular weight is 433 g/mol. The van der Waals surface area contributed by atoms with E-state index in [4.69, 9.17) is 0 Å². The smallest absolute Gasteiger partial charge is 0.250 e. The lowest BCUT2D eigenvalue weighted by Crippen LogP contribution is -2.45. The summed E-state index contributed by atoms with van der Waals surface area (Å²) in [6, 6.07) is 13.0. The van der Waals surface area contributed by atoms with Crippen LogP contribution in [0.1, 0.15) is 25.0 Å². The molecule has 1 aliphatic rings. The van der Waals surface area contributed by atoms with Crippen LogP contribution in [-0.2, 0) is 17.9 Å². The number of hydrogen-bond acceptors (Lipinski definition) is 4. The number of aromatic nitrogens is 1. The van der Waals surface area contributed by atoms with E-state index in [0.717, 1.165) is 11.1 Å². The Morgan fingerprint density at radius 2 is 1.85 bits per heavy atom. The quantitative estimate of drug-likeness (QED) is 0.608. The highest BCUT2D eigenvalue weighted by atomic mass is 79.9. The molecule has 7 heteroatoms. The first-order chi connectivity index (χ1) is 13.0. The van der Waals surface area contributed by atoms with Crippen molar-refractivity contribution in [2.24, 2.45) is 5.92 Å². The molecule has 3 unspecified atom stereocenters. The zero-order valence-electron chi connectivity index (χ0n) is 15.5. The third-order valence-electron chi connectivity index (χ3n) is 4.81. The van der Waals surface area contributed by atoms with Crippen LogP contribution in [0.15, 0.2) is 53.5 Å². The number of halogens is 1. The number of carbonyl (C=O) groups excluding carboxylic acids is 1. The Labute approximate surface area is 167 Å². The molecule has 0 bridgehead atoms. The molecule has 0 radical (unpaired) electrons. The molecule has 1 aromatic carbocycles. The zero-order chi connectivity index (χ0) is 19.4. The van der Waals surface area contributed by atoms with Crippen LogP contribution < -0.4 is 21.7 Å². The van der Waals surface area contributed by atoms with Gasteiger partial charge >= 0.3 is 0 Å². The molecule has 2 aromatic rings. The van der Waals surface area contributed by atoms with Crippen LogP contribution in [0.2, 0.25) is 0 Å². The molecule has 3 atom stereocenters. The predicted molar refractivity (Wildman–Crippen MR) is 109 cm³/mol. The highest BCUT2D eigenvalue weighted by molar-refractivity contribution is 9.09. The normalized spacial score (nSPS) is 22.1. The molecule has 3 N–H and O–H groups in total. The monoisotopic (exact) mass is 432 g/mol. The second kappa shape index (κ2) is 8.82. The summed E-state index contributed by atoms with van der Waals surface area (Å²) in [7, 11) is 0. The van der Waals surface area contributed by atoms with E-state index in [9.17, 15) is 9.59 Å². The fraction of sp³-hybridized carbons (Fsp3) is 0.400. The summed E-state index contributed by atoms with van der Waals surface area (Å²) in [4.78, 5) is 24.3. The van der Waals surface area contributed by atoms with Gasteiger partial charge in [-0.3, -0.25) is 15.0 Å². The maximum Gasteiger partial charge on any atom is 0.250 e. The summed E-state index contributed by atoms with van der Waals surface area (Å²) in [5.41, 5.74) is 8.30. The van der Waals surface area contributed by atoms with Crippen LogP contribution in [0.3, 0.4) is 0 Å². The highest BCUT2D eigenvalue weighted by Gasteiger charge is 2.39. The van der Waals surface area contributed by atoms with E-state index in [1.807, 2.05) is 30.3 Å². The van der Waals surface area contributed by atoms with Crippen molar-refractivity contribution >= 4 is 21.8 Å². The Bertz CT molecular complexity index is 834. The molecular formula is C20H25BrN4O2. The van der Waals surface area contributed by atoms with Gasteiger partial charge in [-0.05, 0) is 23.1 Å². The van der Waals surface area contributed by atoms with Gasteiger partial charge in [0.25, 0.3) is 5.56 Å². The van der Waals surface area contributed by atoms with Crippen LogP contribution in [0.5, 0.6) is 0 Å². The summed E-state index contributed by atoms with van der Waals surface area (Å²) in [6.07, 6.45) is 1.78. The van der Waals surface area contributed by atoms with Crippen molar-refractivity contribution in [2.45, 2.75) is 43.8 Å². The Balaban J connectivity index is 1.54. The minimum absolute atomic E-state index is 0.0180. The number of hydrazine groups is 1. The van der Waals surface area contributed by atoms with Crippen LogP contribution in [0, 0.1) is 5.92 Å². The van der Waals surface area contributed by atoms with Gasteiger partial charge in [0, 0.05) is 24.8 Å². The van der Waals surface area contributed by atoms with Crippen molar-refractivity contribution < 1.29 is 4.79 Å². The Kier molecular flexibility index (Phi) is 6.46. The SMILES string of the molecule is CC(C)C1NNC(C(=O)NCc2ccc(Cn3ccccc3=O)cc2)C1Br. The number of benzene rings is 1. The topological polar surface area (TPSA) is 75.2 Å². The lowest BCUT2D eigenvalue weighted by molar-refractivity contribution is -0.122. The van der Waals surface area contributed by atoms with Crippen LogP contribution in [-0.4, -0.2) is 27.4 Å². The molecule has 0 spiro atoms. The first-order valence-electron chi connectivity index (χ1n) is 9.12. The predicted octanol–water partition coefficient (Wildman–Crippen LogP) is 1.78. The average Bonchev–Trinajstić information content (AvgIpc) is 3.04. The lowest BCUT2D eigenvalue weighted by Gasteiger charge is -2.19. The standard InChI is InChI=1S/C20H25BrN4O2/c1-13(2)18-17(21)19(24-23-18)20(27)22-11-14-6-8-15(9-7-14)12-25-10-4-3-5-16(25)26/h3-10,13,17-19,23-24H,11-12H2,1-2H3,(H,22,27). The van der Waals surface area contributed by atoms with E-state index in [2.05, 4.69) is 45.9 Å². The minimum Gasteiger partial charge on any atom is -0.351 e. The number of alkyl halides is 1. The van der Waals surface area contributed by atoms with Gasteiger partial charge < -0.3 is 9.88 Å². The third-order valence-corrected chi connectivity index (χ3v) is 5.91. The van der Waals surface area contributed by atoms with Gasteiger partial charge in [-0.25, -0.2) is 5.43 Å². The second-order valence-corrected chi connectivity index (χ2v) is 8.24. The number of amides is 1. The van der Waals surface area contributed by atoms with E-state index in [-0.39, 0.29) is 28.4 Å². The van der Waals surface area contributed by atoms with E-state index in [1.165, 1.54) is 0 Å². The summed E-state index contributed by atoms with van der Waals surface area (Å²) in [6.45, 7) is 5.25. The van der Waals surface area contributed by atoms with Crippen molar-refractivity contribution in [3.05, 3.63) is 70.1 Å².